The molecule has 0 atom stereocenters. The molecule has 0 aromatic rings. The molecule has 3 aliphatic heterocycles. The molecule has 0 amide bonds. The largest absolute Gasteiger partial charge is 0.326 e. The van der Waals surface area contributed by atoms with Crippen LogP contribution < -0.4 is 0 Å². The number of terminal acetylenes is 1. The number of ether oxygens (including phenoxy) is 3. The first-order valence-corrected chi connectivity index (χ1v) is 7.79. The zero-order valence-electron chi connectivity index (χ0n) is 12.9. The molecule has 0 aromatic heterocycles. The summed E-state index contributed by atoms with van der Waals surface area (Å²) in [6.45, 7) is 8.93. The summed E-state index contributed by atoms with van der Waals surface area (Å²) in [6, 6.07) is 0. The van der Waals surface area contributed by atoms with Crippen molar-refractivity contribution in [3.8, 4) is 12.3 Å². The molecule has 1 saturated carbocycles. The van der Waals surface area contributed by atoms with Crippen LogP contribution in [0, 0.1) is 35.0 Å². The first-order chi connectivity index (χ1) is 9.41. The second-order valence-electron chi connectivity index (χ2n) is 7.72. The Morgan fingerprint density at radius 1 is 0.950 bits per heavy atom. The quantitative estimate of drug-likeness (QED) is 0.689. The lowest BCUT2D eigenvalue weighted by atomic mass is 9.66. The van der Waals surface area contributed by atoms with Crippen LogP contribution in [0.25, 0.3) is 0 Å². The summed E-state index contributed by atoms with van der Waals surface area (Å²) in [5.74, 6) is 2.83. The molecule has 0 unspecified atom stereocenters. The third kappa shape index (κ3) is 2.09. The van der Waals surface area contributed by atoms with E-state index in [9.17, 15) is 0 Å². The van der Waals surface area contributed by atoms with Gasteiger partial charge in [-0.3, -0.25) is 0 Å². The molecule has 4 rings (SSSR count). The molecule has 0 spiro atoms. The second kappa shape index (κ2) is 4.73. The number of fused-ring (bicyclic) bond motifs is 3. The van der Waals surface area contributed by atoms with Crippen LogP contribution in [0.4, 0.5) is 0 Å². The van der Waals surface area contributed by atoms with Crippen LogP contribution in [0.5, 0.6) is 0 Å². The van der Waals surface area contributed by atoms with Crippen molar-refractivity contribution in [1.82, 2.24) is 0 Å². The minimum atomic E-state index is -0.785. The predicted molar refractivity (Wildman–Crippen MR) is 76.8 cm³/mol. The maximum Gasteiger partial charge on any atom is 0.285 e. The Morgan fingerprint density at radius 2 is 1.45 bits per heavy atom. The van der Waals surface area contributed by atoms with E-state index in [1.807, 2.05) is 0 Å². The summed E-state index contributed by atoms with van der Waals surface area (Å²) in [5, 5.41) is 0. The van der Waals surface area contributed by atoms with Gasteiger partial charge in [-0.2, -0.15) is 0 Å². The summed E-state index contributed by atoms with van der Waals surface area (Å²) < 4.78 is 18.3. The fourth-order valence-electron chi connectivity index (χ4n) is 3.58. The Bertz CT molecular complexity index is 382. The lowest BCUT2D eigenvalue weighted by molar-refractivity contribution is -0.497. The van der Waals surface area contributed by atoms with Crippen molar-refractivity contribution < 1.29 is 14.2 Å². The van der Waals surface area contributed by atoms with E-state index in [1.54, 1.807) is 0 Å². The van der Waals surface area contributed by atoms with Crippen molar-refractivity contribution in [3.63, 3.8) is 0 Å². The Balaban J connectivity index is 1.69. The van der Waals surface area contributed by atoms with Gasteiger partial charge in [0.05, 0.1) is 19.8 Å². The minimum Gasteiger partial charge on any atom is -0.326 e. The van der Waals surface area contributed by atoms with Gasteiger partial charge in [0.1, 0.15) is 0 Å². The molecule has 1 aliphatic carbocycles. The molecule has 4 fully saturated rings. The second-order valence-corrected chi connectivity index (χ2v) is 7.72. The Labute approximate surface area is 122 Å². The number of hydrogen-bond donors (Lipinski definition) is 0. The molecule has 0 radical (unpaired) electrons. The van der Waals surface area contributed by atoms with E-state index >= 15 is 0 Å². The van der Waals surface area contributed by atoms with Crippen molar-refractivity contribution in [2.75, 3.05) is 19.8 Å². The standard InChI is InChI=1S/C17H26O3/c1-5-13-6-8-14(9-7-13)17-18-10-16(11-19-17,12-20-17)15(2,3)4/h1,13-14H,6-12H2,2-4H3. The van der Waals surface area contributed by atoms with Gasteiger partial charge >= 0.3 is 0 Å². The third-order valence-corrected chi connectivity index (χ3v) is 5.70. The van der Waals surface area contributed by atoms with Gasteiger partial charge in [-0.1, -0.05) is 20.8 Å². The van der Waals surface area contributed by atoms with Crippen molar-refractivity contribution in [2.45, 2.75) is 52.4 Å². The van der Waals surface area contributed by atoms with E-state index in [-0.39, 0.29) is 10.8 Å². The van der Waals surface area contributed by atoms with Gasteiger partial charge in [0.25, 0.3) is 5.97 Å². The highest BCUT2D eigenvalue weighted by molar-refractivity contribution is 5.00. The lowest BCUT2D eigenvalue weighted by Gasteiger charge is -2.59. The van der Waals surface area contributed by atoms with Crippen LogP contribution in [-0.2, 0) is 14.2 Å². The number of rotatable bonds is 1. The van der Waals surface area contributed by atoms with Crippen LogP contribution in [0.1, 0.15) is 46.5 Å². The Morgan fingerprint density at radius 3 is 1.85 bits per heavy atom. The highest BCUT2D eigenvalue weighted by Gasteiger charge is 2.59. The van der Waals surface area contributed by atoms with E-state index in [1.165, 1.54) is 0 Å². The highest BCUT2D eigenvalue weighted by atomic mass is 16.9. The first-order valence-electron chi connectivity index (χ1n) is 7.79. The Kier molecular flexibility index (Phi) is 3.40. The molecule has 3 saturated heterocycles. The molecule has 3 heteroatoms. The summed E-state index contributed by atoms with van der Waals surface area (Å²) in [7, 11) is 0. The van der Waals surface area contributed by atoms with Crippen LogP contribution in [-0.4, -0.2) is 25.8 Å². The molecule has 0 N–H and O–H groups in total. The average molecular weight is 278 g/mol. The van der Waals surface area contributed by atoms with Gasteiger partial charge in [0.2, 0.25) is 0 Å². The fourth-order valence-corrected chi connectivity index (χ4v) is 3.58. The molecule has 20 heavy (non-hydrogen) atoms. The molecular weight excluding hydrogens is 252 g/mol. The van der Waals surface area contributed by atoms with Gasteiger partial charge in [0, 0.05) is 17.3 Å². The molecule has 112 valence electrons. The van der Waals surface area contributed by atoms with Crippen LogP contribution >= 0.6 is 0 Å². The zero-order chi connectivity index (χ0) is 14.4. The number of hydrogen-bond acceptors (Lipinski definition) is 3. The van der Waals surface area contributed by atoms with Crippen molar-refractivity contribution >= 4 is 0 Å². The van der Waals surface area contributed by atoms with E-state index in [4.69, 9.17) is 20.6 Å². The SMILES string of the molecule is C#CC1CCC(C23OCC(C(C)(C)C)(CO2)CO3)CC1. The predicted octanol–water partition coefficient (Wildman–Crippen LogP) is 3.19. The normalized spacial score (nSPS) is 45.1. The van der Waals surface area contributed by atoms with Crippen molar-refractivity contribution in [2.24, 2.45) is 22.7 Å². The van der Waals surface area contributed by atoms with Crippen LogP contribution in [0.2, 0.25) is 0 Å². The minimum absolute atomic E-state index is 0.00916. The van der Waals surface area contributed by atoms with Gasteiger partial charge in [0.15, 0.2) is 0 Å². The highest BCUT2D eigenvalue weighted by Crippen LogP contribution is 2.52. The Hall–Kier alpha value is -0.560. The smallest absolute Gasteiger partial charge is 0.285 e. The molecular formula is C17H26O3. The van der Waals surface area contributed by atoms with E-state index in [2.05, 4.69) is 26.7 Å². The first kappa shape index (κ1) is 14.4. The van der Waals surface area contributed by atoms with Crippen molar-refractivity contribution in [3.05, 3.63) is 0 Å². The molecule has 3 heterocycles. The average Bonchev–Trinajstić information content (AvgIpc) is 2.48. The van der Waals surface area contributed by atoms with E-state index < -0.39 is 5.97 Å². The van der Waals surface area contributed by atoms with Crippen LogP contribution in [0.15, 0.2) is 0 Å². The van der Waals surface area contributed by atoms with Gasteiger partial charge in [-0.05, 0) is 31.1 Å². The fraction of sp³-hybridized carbons (Fsp3) is 0.882. The van der Waals surface area contributed by atoms with Crippen LogP contribution in [0.3, 0.4) is 0 Å². The van der Waals surface area contributed by atoms with E-state index in [0.29, 0.717) is 11.8 Å². The molecule has 3 nitrogen and oxygen atoms in total. The summed E-state index contributed by atoms with van der Waals surface area (Å²) in [4.78, 5) is 0. The van der Waals surface area contributed by atoms with Crippen molar-refractivity contribution in [1.29, 1.82) is 0 Å². The third-order valence-electron chi connectivity index (χ3n) is 5.70. The van der Waals surface area contributed by atoms with E-state index in [0.717, 1.165) is 45.5 Å². The summed E-state index contributed by atoms with van der Waals surface area (Å²) in [5.41, 5.74) is 0.117. The monoisotopic (exact) mass is 278 g/mol. The summed E-state index contributed by atoms with van der Waals surface area (Å²) >= 11 is 0. The lowest BCUT2D eigenvalue weighted by Crippen LogP contribution is -2.66. The maximum absolute atomic E-state index is 6.11. The van der Waals surface area contributed by atoms with Gasteiger partial charge in [-0.25, -0.2) is 0 Å². The summed E-state index contributed by atoms with van der Waals surface area (Å²) in [6.07, 6.45) is 9.72. The van der Waals surface area contributed by atoms with Gasteiger partial charge in [-0.15, -0.1) is 12.3 Å². The molecule has 2 bridgehead atoms. The topological polar surface area (TPSA) is 27.7 Å². The molecule has 0 aromatic carbocycles. The maximum atomic E-state index is 6.11. The molecule has 4 aliphatic rings. The zero-order valence-corrected chi connectivity index (χ0v) is 12.9. The van der Waals surface area contributed by atoms with Gasteiger partial charge < -0.3 is 14.2 Å².